The Kier molecular flexibility index (Phi) is 4.34. The third kappa shape index (κ3) is 3.18. The smallest absolute Gasteiger partial charge is 0.139 e. The summed E-state index contributed by atoms with van der Waals surface area (Å²) in [6, 6.07) is 21.6. The summed E-state index contributed by atoms with van der Waals surface area (Å²) in [5, 5.41) is 24.8. The molecule has 4 nitrogen and oxygen atoms in total. The number of amidine groups is 1. The third-order valence-corrected chi connectivity index (χ3v) is 6.12. The fourth-order valence-corrected chi connectivity index (χ4v) is 4.53. The van der Waals surface area contributed by atoms with Crippen molar-refractivity contribution >= 4 is 50.8 Å². The van der Waals surface area contributed by atoms with E-state index in [0.29, 0.717) is 15.6 Å². The molecule has 0 fully saturated rings. The van der Waals surface area contributed by atoms with E-state index in [1.807, 2.05) is 66.0 Å². The minimum absolute atomic E-state index is 0.167. The van der Waals surface area contributed by atoms with Gasteiger partial charge in [-0.15, -0.1) is 11.3 Å². The van der Waals surface area contributed by atoms with Gasteiger partial charge in [-0.1, -0.05) is 54.1 Å². The van der Waals surface area contributed by atoms with Crippen molar-refractivity contribution in [3.8, 4) is 11.3 Å². The fourth-order valence-electron chi connectivity index (χ4n) is 3.51. The molecule has 0 saturated carbocycles. The summed E-state index contributed by atoms with van der Waals surface area (Å²) >= 11 is 7.39. The second kappa shape index (κ2) is 7.03. The van der Waals surface area contributed by atoms with Gasteiger partial charge in [0.05, 0.1) is 17.8 Å². The molecule has 0 aliphatic carbocycles. The van der Waals surface area contributed by atoms with Crippen LogP contribution in [0.3, 0.4) is 0 Å². The normalized spacial score (nSPS) is 14.2. The van der Waals surface area contributed by atoms with Gasteiger partial charge >= 0.3 is 0 Å². The van der Waals surface area contributed by atoms with Crippen molar-refractivity contribution in [2.45, 2.75) is 0 Å². The van der Waals surface area contributed by atoms with Crippen LogP contribution in [0.1, 0.15) is 5.01 Å². The third-order valence-electron chi connectivity index (χ3n) is 5.01. The van der Waals surface area contributed by atoms with Crippen LogP contribution in [0.15, 0.2) is 77.9 Å². The zero-order chi connectivity index (χ0) is 20.0. The van der Waals surface area contributed by atoms with E-state index in [9.17, 15) is 5.11 Å². The highest BCUT2D eigenvalue weighted by atomic mass is 35.5. The van der Waals surface area contributed by atoms with Gasteiger partial charge in [0.15, 0.2) is 0 Å². The summed E-state index contributed by atoms with van der Waals surface area (Å²) in [6.45, 7) is 0.266. The van der Waals surface area contributed by atoms with Crippen LogP contribution in [0.25, 0.3) is 27.6 Å². The van der Waals surface area contributed by atoms with Crippen LogP contribution in [0, 0.1) is 5.41 Å². The predicted octanol–water partition coefficient (Wildman–Crippen LogP) is 6.38. The molecule has 4 aromatic rings. The highest BCUT2D eigenvalue weighted by Crippen LogP contribution is 2.35. The van der Waals surface area contributed by atoms with Gasteiger partial charge in [-0.3, -0.25) is 5.41 Å². The molecule has 142 valence electrons. The summed E-state index contributed by atoms with van der Waals surface area (Å²) in [6.07, 6.45) is 0. The number of aromatic nitrogens is 1. The minimum atomic E-state index is 0.167. The number of nitrogens with zero attached hydrogens (tertiary/aromatic N) is 2. The zero-order valence-electron chi connectivity index (χ0n) is 15.3. The van der Waals surface area contributed by atoms with Crippen LogP contribution >= 0.6 is 22.9 Å². The van der Waals surface area contributed by atoms with Crippen LogP contribution in [0.2, 0.25) is 5.02 Å². The largest absolute Gasteiger partial charge is 0.510 e. The number of thiazole rings is 1. The van der Waals surface area contributed by atoms with Crippen molar-refractivity contribution in [1.29, 1.82) is 5.41 Å². The van der Waals surface area contributed by atoms with Gasteiger partial charge in [0.25, 0.3) is 0 Å². The van der Waals surface area contributed by atoms with Gasteiger partial charge in [-0.2, -0.15) is 0 Å². The standard InChI is InChI=1S/C23H16ClN3OS/c24-17-8-5-15(6-9-17)19-13-29-23(26-19)21-20(28)12-27(22(21)25)18-10-7-14-3-1-2-4-16(14)11-18/h1-11,13,25,28H,12H2. The molecular weight excluding hydrogens is 402 g/mol. The molecule has 0 saturated heterocycles. The summed E-state index contributed by atoms with van der Waals surface area (Å²) in [7, 11) is 0. The Balaban J connectivity index is 1.46. The highest BCUT2D eigenvalue weighted by molar-refractivity contribution is 7.11. The van der Waals surface area contributed by atoms with E-state index in [4.69, 9.17) is 17.0 Å². The number of benzene rings is 3. The molecule has 1 aromatic heterocycles. The molecule has 1 aliphatic rings. The molecule has 6 heteroatoms. The number of halogens is 1. The topological polar surface area (TPSA) is 60.2 Å². The number of hydrogen-bond acceptors (Lipinski definition) is 4. The number of rotatable bonds is 3. The molecule has 0 radical (unpaired) electrons. The van der Waals surface area contributed by atoms with E-state index >= 15 is 0 Å². The lowest BCUT2D eigenvalue weighted by molar-refractivity contribution is 0.411. The zero-order valence-corrected chi connectivity index (χ0v) is 16.8. The van der Waals surface area contributed by atoms with Gasteiger partial charge in [0.1, 0.15) is 16.6 Å². The van der Waals surface area contributed by atoms with Gasteiger partial charge in [0.2, 0.25) is 0 Å². The Hall–Kier alpha value is -3.15. The Morgan fingerprint density at radius 2 is 1.76 bits per heavy atom. The summed E-state index contributed by atoms with van der Waals surface area (Å²) in [4.78, 5) is 6.47. The van der Waals surface area contributed by atoms with Crippen LogP contribution < -0.4 is 4.90 Å². The SMILES string of the molecule is N=C1C(c2nc(-c3ccc(Cl)cc3)cs2)=C(O)CN1c1ccc2ccccc2c1. The Bertz CT molecular complexity index is 1280. The molecule has 0 unspecified atom stereocenters. The molecule has 2 N–H and O–H groups in total. The summed E-state index contributed by atoms with van der Waals surface area (Å²) in [5.74, 6) is 0.426. The Morgan fingerprint density at radius 3 is 2.55 bits per heavy atom. The number of nitrogens with one attached hydrogen (secondary N) is 1. The molecule has 0 atom stereocenters. The quantitative estimate of drug-likeness (QED) is 0.406. The van der Waals surface area contributed by atoms with Crippen molar-refractivity contribution in [3.05, 3.63) is 87.9 Å². The second-order valence-electron chi connectivity index (χ2n) is 6.83. The number of anilines is 1. The van der Waals surface area contributed by atoms with Crippen molar-refractivity contribution in [2.75, 3.05) is 11.4 Å². The number of hydrogen-bond donors (Lipinski definition) is 2. The fraction of sp³-hybridized carbons (Fsp3) is 0.0435. The lowest BCUT2D eigenvalue weighted by Gasteiger charge is -2.19. The summed E-state index contributed by atoms with van der Waals surface area (Å²) in [5.41, 5.74) is 3.12. The maximum atomic E-state index is 10.6. The van der Waals surface area contributed by atoms with Crippen molar-refractivity contribution < 1.29 is 5.11 Å². The maximum absolute atomic E-state index is 10.6. The lowest BCUT2D eigenvalue weighted by atomic mass is 10.1. The first-order valence-electron chi connectivity index (χ1n) is 9.09. The van der Waals surface area contributed by atoms with Gasteiger partial charge in [-0.25, -0.2) is 4.98 Å². The average Bonchev–Trinajstić information content (AvgIpc) is 3.32. The van der Waals surface area contributed by atoms with Crippen LogP contribution in [0.4, 0.5) is 5.69 Å². The van der Waals surface area contributed by atoms with Gasteiger partial charge in [-0.05, 0) is 35.0 Å². The Morgan fingerprint density at radius 1 is 1.00 bits per heavy atom. The first-order valence-corrected chi connectivity index (χ1v) is 10.3. The molecule has 29 heavy (non-hydrogen) atoms. The monoisotopic (exact) mass is 417 g/mol. The van der Waals surface area contributed by atoms with Crippen LogP contribution in [-0.4, -0.2) is 22.5 Å². The first-order chi connectivity index (χ1) is 14.1. The average molecular weight is 418 g/mol. The van der Waals surface area contributed by atoms with E-state index in [0.717, 1.165) is 27.7 Å². The first kappa shape index (κ1) is 17.9. The molecule has 5 rings (SSSR count). The second-order valence-corrected chi connectivity index (χ2v) is 8.13. The molecule has 1 aliphatic heterocycles. The predicted molar refractivity (Wildman–Crippen MR) is 121 cm³/mol. The summed E-state index contributed by atoms with van der Waals surface area (Å²) < 4.78 is 0. The number of fused-ring (bicyclic) bond motifs is 1. The highest BCUT2D eigenvalue weighted by Gasteiger charge is 2.31. The number of aliphatic hydroxyl groups excluding tert-OH is 1. The molecule has 3 aromatic carbocycles. The van der Waals surface area contributed by atoms with Crippen LogP contribution in [-0.2, 0) is 0 Å². The number of aliphatic hydroxyl groups is 1. The lowest BCUT2D eigenvalue weighted by Crippen LogP contribution is -2.25. The van der Waals surface area contributed by atoms with Crippen molar-refractivity contribution in [2.24, 2.45) is 0 Å². The van der Waals surface area contributed by atoms with Crippen molar-refractivity contribution in [1.82, 2.24) is 4.98 Å². The van der Waals surface area contributed by atoms with E-state index in [-0.39, 0.29) is 18.1 Å². The van der Waals surface area contributed by atoms with Crippen LogP contribution in [0.5, 0.6) is 0 Å². The van der Waals surface area contributed by atoms with E-state index in [2.05, 4.69) is 11.1 Å². The molecular formula is C23H16ClN3OS. The maximum Gasteiger partial charge on any atom is 0.139 e. The minimum Gasteiger partial charge on any atom is -0.510 e. The molecule has 0 bridgehead atoms. The molecule has 2 heterocycles. The van der Waals surface area contributed by atoms with Gasteiger partial charge < -0.3 is 10.0 Å². The van der Waals surface area contributed by atoms with E-state index < -0.39 is 0 Å². The van der Waals surface area contributed by atoms with Crippen molar-refractivity contribution in [3.63, 3.8) is 0 Å². The molecule has 0 spiro atoms. The van der Waals surface area contributed by atoms with Gasteiger partial charge in [0, 0.05) is 21.7 Å². The van der Waals surface area contributed by atoms with E-state index in [1.165, 1.54) is 11.3 Å². The molecule has 0 amide bonds. The Labute approximate surface area is 176 Å². The van der Waals surface area contributed by atoms with E-state index in [1.54, 1.807) is 4.90 Å².